The molecule has 0 spiro atoms. The Kier molecular flexibility index (Phi) is 9.05. The molecule has 0 fully saturated rings. The molecule has 0 atom stereocenters. The molecule has 0 heterocycles. The molecule has 0 aromatic heterocycles. The van der Waals surface area contributed by atoms with E-state index in [2.05, 4.69) is 0 Å². The van der Waals surface area contributed by atoms with Crippen molar-refractivity contribution >= 4 is 14.4 Å². The van der Waals surface area contributed by atoms with Gasteiger partial charge in [-0.15, -0.1) is 0 Å². The quantitative estimate of drug-likeness (QED) is 0.496. The maximum Gasteiger partial charge on any atom is 1.00 e. The van der Waals surface area contributed by atoms with E-state index in [1.165, 1.54) is 18.2 Å². The van der Waals surface area contributed by atoms with Crippen LogP contribution in [0.1, 0.15) is 21.5 Å². The standard InChI is InChI=1S/C15H14O4.BH4.Na/c16-9-13-8-12(6-7-14(13)17)15(18)19-10-11-4-2-1-3-5-11;;/h1-8,16-17H,9-10H2;1H4;/q;-1;+1. The maximum atomic E-state index is 11.8. The molecule has 4 nitrogen and oxygen atoms in total. The SMILES string of the molecule is O=C(OCc1ccccc1)c1ccc(O)c(CO)c1.[BH4-].[Na+]. The Labute approximate surface area is 147 Å². The largest absolute Gasteiger partial charge is 1.00 e. The summed E-state index contributed by atoms with van der Waals surface area (Å²) in [5.74, 6) is -0.527. The van der Waals surface area contributed by atoms with Crippen molar-refractivity contribution in [1.29, 1.82) is 0 Å². The predicted molar refractivity (Wildman–Crippen MR) is 80.9 cm³/mol. The van der Waals surface area contributed by atoms with Gasteiger partial charge in [-0.05, 0) is 23.8 Å². The second-order valence-electron chi connectivity index (χ2n) is 4.06. The summed E-state index contributed by atoms with van der Waals surface area (Å²) in [6.07, 6.45) is 0. The number of aliphatic hydroxyl groups excluding tert-OH is 1. The first-order valence-corrected chi connectivity index (χ1v) is 5.84. The third kappa shape index (κ3) is 5.55. The van der Waals surface area contributed by atoms with Crippen LogP contribution in [0.25, 0.3) is 0 Å². The summed E-state index contributed by atoms with van der Waals surface area (Å²) in [5, 5.41) is 18.4. The minimum absolute atomic E-state index is 0. The molecule has 0 aliphatic rings. The fourth-order valence-electron chi connectivity index (χ4n) is 1.65. The monoisotopic (exact) mass is 296 g/mol. The second-order valence-corrected chi connectivity index (χ2v) is 4.06. The number of ether oxygens (including phenoxy) is 1. The van der Waals surface area contributed by atoms with E-state index in [9.17, 15) is 9.90 Å². The Bertz CT molecular complexity index is 575. The molecular weight excluding hydrogens is 278 g/mol. The van der Waals surface area contributed by atoms with Crippen LogP contribution in [0.3, 0.4) is 0 Å². The first-order chi connectivity index (χ1) is 9.20. The molecule has 0 radical (unpaired) electrons. The Hall–Kier alpha value is -1.27. The molecule has 2 rings (SSSR count). The van der Waals surface area contributed by atoms with Gasteiger partial charge in [0, 0.05) is 5.56 Å². The van der Waals surface area contributed by atoms with Gasteiger partial charge in [0.25, 0.3) is 0 Å². The molecule has 21 heavy (non-hydrogen) atoms. The molecule has 0 aliphatic heterocycles. The molecule has 0 saturated carbocycles. The van der Waals surface area contributed by atoms with Crippen molar-refractivity contribution in [2.45, 2.75) is 13.2 Å². The zero-order valence-corrected chi connectivity index (χ0v) is 13.2. The van der Waals surface area contributed by atoms with Crippen LogP contribution in [0.5, 0.6) is 5.75 Å². The summed E-state index contributed by atoms with van der Waals surface area (Å²) in [6.45, 7) is -0.138. The van der Waals surface area contributed by atoms with Crippen LogP contribution in [-0.2, 0) is 18.0 Å². The van der Waals surface area contributed by atoms with Crippen LogP contribution in [0.15, 0.2) is 48.5 Å². The molecular formula is C15H18BNaO4. The summed E-state index contributed by atoms with van der Waals surface area (Å²) >= 11 is 0. The van der Waals surface area contributed by atoms with E-state index in [0.717, 1.165) is 5.56 Å². The number of carbonyl (C=O) groups is 1. The summed E-state index contributed by atoms with van der Waals surface area (Å²) in [4.78, 5) is 11.8. The number of phenols is 1. The van der Waals surface area contributed by atoms with Crippen LogP contribution >= 0.6 is 0 Å². The normalized spacial score (nSPS) is 9.19. The van der Waals surface area contributed by atoms with Crippen molar-refractivity contribution in [2.24, 2.45) is 0 Å². The number of hydrogen-bond acceptors (Lipinski definition) is 4. The van der Waals surface area contributed by atoms with Crippen LogP contribution in [0, 0.1) is 0 Å². The molecule has 0 bridgehead atoms. The maximum absolute atomic E-state index is 11.8. The van der Waals surface area contributed by atoms with Gasteiger partial charge in [0.1, 0.15) is 12.4 Å². The number of rotatable bonds is 4. The van der Waals surface area contributed by atoms with Crippen molar-refractivity contribution in [2.75, 3.05) is 0 Å². The van der Waals surface area contributed by atoms with Gasteiger partial charge in [0.05, 0.1) is 12.2 Å². The van der Waals surface area contributed by atoms with Gasteiger partial charge in [-0.25, -0.2) is 4.79 Å². The zero-order chi connectivity index (χ0) is 13.7. The third-order valence-corrected chi connectivity index (χ3v) is 2.70. The molecule has 6 heteroatoms. The van der Waals surface area contributed by atoms with Crippen LogP contribution in [-0.4, -0.2) is 24.6 Å². The molecule has 0 amide bonds. The Morgan fingerprint density at radius 1 is 1.10 bits per heavy atom. The van der Waals surface area contributed by atoms with E-state index in [4.69, 9.17) is 9.84 Å². The van der Waals surface area contributed by atoms with Crippen LogP contribution in [0.4, 0.5) is 0 Å². The molecule has 106 valence electrons. The van der Waals surface area contributed by atoms with Gasteiger partial charge in [0.15, 0.2) is 0 Å². The van der Waals surface area contributed by atoms with E-state index in [1.807, 2.05) is 30.3 Å². The molecule has 2 aromatic carbocycles. The Morgan fingerprint density at radius 3 is 2.38 bits per heavy atom. The summed E-state index contributed by atoms with van der Waals surface area (Å²) in [7, 11) is 0. The van der Waals surface area contributed by atoms with E-state index >= 15 is 0 Å². The summed E-state index contributed by atoms with van der Waals surface area (Å²) in [6, 6.07) is 13.6. The Balaban J connectivity index is 0.00000200. The number of aromatic hydroxyl groups is 1. The average molecular weight is 296 g/mol. The van der Waals surface area contributed by atoms with Gasteiger partial charge in [-0.1, -0.05) is 38.7 Å². The van der Waals surface area contributed by atoms with Gasteiger partial charge < -0.3 is 14.9 Å². The molecule has 0 aliphatic carbocycles. The fraction of sp³-hybridized carbons (Fsp3) is 0.133. The number of benzene rings is 2. The molecule has 2 N–H and O–H groups in total. The van der Waals surface area contributed by atoms with Gasteiger partial charge in [-0.2, -0.15) is 0 Å². The van der Waals surface area contributed by atoms with E-state index < -0.39 is 5.97 Å². The first kappa shape index (κ1) is 19.7. The van der Waals surface area contributed by atoms with Crippen molar-refractivity contribution in [1.82, 2.24) is 0 Å². The smallest absolute Gasteiger partial charge is 0.508 e. The number of esters is 1. The molecule has 2 aromatic rings. The van der Waals surface area contributed by atoms with E-state index in [1.54, 1.807) is 0 Å². The van der Waals surface area contributed by atoms with Crippen molar-refractivity contribution in [3.05, 3.63) is 65.2 Å². The molecule has 0 saturated heterocycles. The predicted octanol–water partition coefficient (Wildman–Crippen LogP) is -2.21. The Morgan fingerprint density at radius 2 is 1.76 bits per heavy atom. The van der Waals surface area contributed by atoms with Gasteiger partial charge in [-0.3, -0.25) is 0 Å². The van der Waals surface area contributed by atoms with Gasteiger partial charge >= 0.3 is 35.5 Å². The topological polar surface area (TPSA) is 66.8 Å². The minimum Gasteiger partial charge on any atom is -0.508 e. The number of hydrogen-bond donors (Lipinski definition) is 2. The van der Waals surface area contributed by atoms with Crippen molar-refractivity contribution in [3.63, 3.8) is 0 Å². The second kappa shape index (κ2) is 9.63. The number of aliphatic hydroxyl groups is 1. The van der Waals surface area contributed by atoms with E-state index in [0.29, 0.717) is 11.1 Å². The molecule has 0 unspecified atom stereocenters. The summed E-state index contributed by atoms with van der Waals surface area (Å²) < 4.78 is 5.15. The average Bonchev–Trinajstić information content (AvgIpc) is 2.46. The van der Waals surface area contributed by atoms with Crippen LogP contribution in [0.2, 0.25) is 0 Å². The first-order valence-electron chi connectivity index (χ1n) is 5.84. The van der Waals surface area contributed by atoms with Crippen LogP contribution < -0.4 is 29.6 Å². The minimum atomic E-state index is -0.487. The fourth-order valence-corrected chi connectivity index (χ4v) is 1.65. The van der Waals surface area contributed by atoms with Crippen molar-refractivity contribution < 1.29 is 49.3 Å². The van der Waals surface area contributed by atoms with Gasteiger partial charge in [0.2, 0.25) is 0 Å². The summed E-state index contributed by atoms with van der Waals surface area (Å²) in [5.41, 5.74) is 1.50. The third-order valence-electron chi connectivity index (χ3n) is 2.70. The van der Waals surface area contributed by atoms with Crippen molar-refractivity contribution in [3.8, 4) is 5.75 Å². The zero-order valence-electron chi connectivity index (χ0n) is 11.2. The number of carbonyl (C=O) groups excluding carboxylic acids is 1. The van der Waals surface area contributed by atoms with E-state index in [-0.39, 0.29) is 56.9 Å².